The van der Waals surface area contributed by atoms with E-state index in [4.69, 9.17) is 5.73 Å². The smallest absolute Gasteiger partial charge is 0.0576 e. The Balaban J connectivity index is 1.41. The first-order chi connectivity index (χ1) is 10.8. The predicted octanol–water partition coefficient (Wildman–Crippen LogP) is 2.95. The van der Waals surface area contributed by atoms with Crippen molar-refractivity contribution in [2.75, 3.05) is 18.8 Å². The molecule has 116 valence electrons. The van der Waals surface area contributed by atoms with Gasteiger partial charge < -0.3 is 5.73 Å². The van der Waals surface area contributed by atoms with Crippen molar-refractivity contribution < 1.29 is 0 Å². The highest BCUT2D eigenvalue weighted by Gasteiger charge is 2.17. The maximum absolute atomic E-state index is 6.27. The Hall–Kier alpha value is -1.36. The van der Waals surface area contributed by atoms with Crippen molar-refractivity contribution >= 4 is 11.8 Å². The molecule has 2 aromatic rings. The number of nitrogens with two attached hydrogens (primary N) is 1. The van der Waals surface area contributed by atoms with E-state index in [1.807, 2.05) is 30.1 Å². The van der Waals surface area contributed by atoms with Crippen LogP contribution < -0.4 is 5.73 Å². The number of aromatic nitrogens is 1. The molecule has 0 spiro atoms. The third-order valence-corrected chi connectivity index (χ3v) is 5.28. The van der Waals surface area contributed by atoms with Crippen LogP contribution in [-0.4, -0.2) is 34.8 Å². The molecule has 1 aliphatic heterocycles. The zero-order valence-corrected chi connectivity index (χ0v) is 13.6. The lowest BCUT2D eigenvalue weighted by atomic mass is 10.0. The Morgan fingerprint density at radius 3 is 2.91 bits per heavy atom. The quantitative estimate of drug-likeness (QED) is 0.833. The van der Waals surface area contributed by atoms with E-state index >= 15 is 0 Å². The van der Waals surface area contributed by atoms with Crippen molar-refractivity contribution in [3.63, 3.8) is 0 Å². The van der Waals surface area contributed by atoms with Crippen LogP contribution >= 0.6 is 11.8 Å². The van der Waals surface area contributed by atoms with Crippen LogP contribution in [0, 0.1) is 0 Å². The molecule has 3 rings (SSSR count). The maximum Gasteiger partial charge on any atom is 0.0576 e. The van der Waals surface area contributed by atoms with Crippen molar-refractivity contribution in [3.8, 4) is 0 Å². The summed E-state index contributed by atoms with van der Waals surface area (Å²) in [6, 6.07) is 15.0. The predicted molar refractivity (Wildman–Crippen MR) is 93.0 cm³/mol. The lowest BCUT2D eigenvalue weighted by Gasteiger charge is -2.28. The minimum atomic E-state index is 0.246. The third-order valence-electron chi connectivity index (χ3n) is 4.08. The minimum Gasteiger partial charge on any atom is -0.327 e. The molecule has 1 aromatic heterocycles. The summed E-state index contributed by atoms with van der Waals surface area (Å²) in [6.45, 7) is 3.15. The standard InChI is InChI=1S/C18H23N3S/c19-16(14-22-17-6-2-1-3-7-17)9-12-21-11-8-15-5-4-10-20-18(15)13-21/h1-7,10,16H,8-9,11-14,19H2/t16-/m1/s1. The first-order valence-electron chi connectivity index (χ1n) is 7.90. The van der Waals surface area contributed by atoms with Crippen LogP contribution in [-0.2, 0) is 13.0 Å². The van der Waals surface area contributed by atoms with Gasteiger partial charge >= 0.3 is 0 Å². The number of pyridine rings is 1. The summed E-state index contributed by atoms with van der Waals surface area (Å²) in [5, 5.41) is 0. The molecule has 2 N–H and O–H groups in total. The first-order valence-corrected chi connectivity index (χ1v) is 8.88. The maximum atomic E-state index is 6.27. The second-order valence-corrected chi connectivity index (χ2v) is 6.90. The van der Waals surface area contributed by atoms with Crippen LogP contribution in [0.15, 0.2) is 53.6 Å². The van der Waals surface area contributed by atoms with Crippen LogP contribution in [0.5, 0.6) is 0 Å². The van der Waals surface area contributed by atoms with E-state index in [9.17, 15) is 0 Å². The number of hydrogen-bond donors (Lipinski definition) is 1. The van der Waals surface area contributed by atoms with Crippen LogP contribution in [0.3, 0.4) is 0 Å². The molecule has 1 atom stereocenters. The highest BCUT2D eigenvalue weighted by molar-refractivity contribution is 7.99. The average Bonchev–Trinajstić information content (AvgIpc) is 2.59. The van der Waals surface area contributed by atoms with Gasteiger partial charge in [-0.05, 0) is 36.6 Å². The molecule has 22 heavy (non-hydrogen) atoms. The molecule has 4 heteroatoms. The Bertz CT molecular complexity index is 588. The normalized spacial score (nSPS) is 16.2. The largest absolute Gasteiger partial charge is 0.327 e. The second kappa shape index (κ2) is 7.77. The molecule has 0 saturated carbocycles. The van der Waals surface area contributed by atoms with Gasteiger partial charge in [0.05, 0.1) is 5.69 Å². The van der Waals surface area contributed by atoms with Gasteiger partial charge in [-0.25, -0.2) is 0 Å². The molecule has 0 aliphatic carbocycles. The average molecular weight is 313 g/mol. The van der Waals surface area contributed by atoms with E-state index in [-0.39, 0.29) is 6.04 Å². The van der Waals surface area contributed by atoms with Crippen molar-refractivity contribution in [2.24, 2.45) is 5.73 Å². The van der Waals surface area contributed by atoms with E-state index in [1.54, 1.807) is 0 Å². The Labute approximate surface area is 136 Å². The molecule has 2 heterocycles. The molecule has 1 aliphatic rings. The molecular weight excluding hydrogens is 290 g/mol. The van der Waals surface area contributed by atoms with Gasteiger partial charge in [0.1, 0.15) is 0 Å². The van der Waals surface area contributed by atoms with Crippen LogP contribution in [0.4, 0.5) is 0 Å². The fraction of sp³-hybridized carbons (Fsp3) is 0.389. The zero-order chi connectivity index (χ0) is 15.2. The number of benzene rings is 1. The number of hydrogen-bond acceptors (Lipinski definition) is 4. The summed E-state index contributed by atoms with van der Waals surface area (Å²) in [4.78, 5) is 8.27. The molecule has 0 saturated heterocycles. The molecule has 3 nitrogen and oxygen atoms in total. The van der Waals surface area contributed by atoms with E-state index in [0.717, 1.165) is 38.2 Å². The van der Waals surface area contributed by atoms with E-state index in [0.29, 0.717) is 0 Å². The summed E-state index contributed by atoms with van der Waals surface area (Å²) >= 11 is 1.85. The lowest BCUT2D eigenvalue weighted by Crippen LogP contribution is -2.35. The zero-order valence-electron chi connectivity index (χ0n) is 12.8. The summed E-state index contributed by atoms with van der Waals surface area (Å²) in [5.41, 5.74) is 8.91. The second-order valence-electron chi connectivity index (χ2n) is 5.81. The summed E-state index contributed by atoms with van der Waals surface area (Å²) in [6.07, 6.45) is 4.05. The molecule has 0 bridgehead atoms. The van der Waals surface area contributed by atoms with Gasteiger partial charge in [0.15, 0.2) is 0 Å². The molecule has 0 fully saturated rings. The summed E-state index contributed by atoms with van der Waals surface area (Å²) in [5.74, 6) is 0.979. The van der Waals surface area contributed by atoms with Gasteiger partial charge in [0.2, 0.25) is 0 Å². The fourth-order valence-corrected chi connectivity index (χ4v) is 3.68. The van der Waals surface area contributed by atoms with Gasteiger partial charge in [0, 0.05) is 42.5 Å². The van der Waals surface area contributed by atoms with Crippen molar-refractivity contribution in [3.05, 3.63) is 59.9 Å². The third kappa shape index (κ3) is 4.32. The van der Waals surface area contributed by atoms with Crippen LogP contribution in [0.2, 0.25) is 0 Å². The highest BCUT2D eigenvalue weighted by atomic mass is 32.2. The van der Waals surface area contributed by atoms with Crippen molar-refractivity contribution in [1.82, 2.24) is 9.88 Å². The minimum absolute atomic E-state index is 0.246. The van der Waals surface area contributed by atoms with E-state index in [1.165, 1.54) is 16.2 Å². The molecular formula is C18H23N3S. The van der Waals surface area contributed by atoms with Crippen molar-refractivity contribution in [2.45, 2.75) is 30.3 Å². The molecule has 1 aromatic carbocycles. The summed E-state index contributed by atoms with van der Waals surface area (Å²) < 4.78 is 0. The SMILES string of the molecule is N[C@H](CCN1CCc2cccnc2C1)CSc1ccccc1. The molecule has 0 unspecified atom stereocenters. The lowest BCUT2D eigenvalue weighted by molar-refractivity contribution is 0.242. The molecule has 0 radical (unpaired) electrons. The van der Waals surface area contributed by atoms with Crippen LogP contribution in [0.1, 0.15) is 17.7 Å². The van der Waals surface area contributed by atoms with Gasteiger partial charge in [-0.1, -0.05) is 24.3 Å². The molecule has 0 amide bonds. The highest BCUT2D eigenvalue weighted by Crippen LogP contribution is 2.19. The number of thioether (sulfide) groups is 1. The first kappa shape index (κ1) is 15.5. The van der Waals surface area contributed by atoms with Gasteiger partial charge in [-0.2, -0.15) is 0 Å². The van der Waals surface area contributed by atoms with Crippen molar-refractivity contribution in [1.29, 1.82) is 0 Å². The Kier molecular flexibility index (Phi) is 5.48. The number of rotatable bonds is 6. The van der Waals surface area contributed by atoms with E-state index in [2.05, 4.69) is 40.2 Å². The van der Waals surface area contributed by atoms with Crippen LogP contribution in [0.25, 0.3) is 0 Å². The topological polar surface area (TPSA) is 42.1 Å². The van der Waals surface area contributed by atoms with Gasteiger partial charge in [-0.15, -0.1) is 11.8 Å². The Morgan fingerprint density at radius 2 is 2.05 bits per heavy atom. The number of nitrogens with zero attached hydrogens (tertiary/aromatic N) is 2. The van der Waals surface area contributed by atoms with E-state index < -0.39 is 0 Å². The Morgan fingerprint density at radius 1 is 1.18 bits per heavy atom. The van der Waals surface area contributed by atoms with Gasteiger partial charge in [0.25, 0.3) is 0 Å². The fourth-order valence-electron chi connectivity index (χ4n) is 2.75. The number of fused-ring (bicyclic) bond motifs is 1. The van der Waals surface area contributed by atoms with Gasteiger partial charge in [-0.3, -0.25) is 9.88 Å². The monoisotopic (exact) mass is 313 g/mol. The summed E-state index contributed by atoms with van der Waals surface area (Å²) in [7, 11) is 0.